The molecule has 0 fully saturated rings. The number of hydrogen-bond donors (Lipinski definition) is 1. The average molecular weight is 449 g/mol. The van der Waals surface area contributed by atoms with E-state index in [0.29, 0.717) is 7.57 Å². The second-order valence-corrected chi connectivity index (χ2v) is 10.5. The van der Waals surface area contributed by atoms with Crippen LogP contribution < -0.4 is 4.72 Å². The predicted octanol–water partition coefficient (Wildman–Crippen LogP) is 3.28. The molecule has 9 heteroatoms. The molecule has 1 rings (SSSR count). The first-order chi connectivity index (χ1) is 8.92. The smallest absolute Gasteiger partial charge is 0.324 e. The molecular weight excluding hydrogens is 434 g/mol. The minimum atomic E-state index is -3.79. The number of rotatable bonds is 4. The summed E-state index contributed by atoms with van der Waals surface area (Å²) in [6, 6.07) is 0.503. The number of sulfonamides is 1. The van der Waals surface area contributed by atoms with Crippen LogP contribution >= 0.6 is 43.2 Å². The van der Waals surface area contributed by atoms with Gasteiger partial charge in [0.2, 0.25) is 10.0 Å². The molecule has 1 heterocycles. The first-order valence-corrected chi connectivity index (χ1v) is 9.51. The van der Waals surface area contributed by atoms with E-state index >= 15 is 0 Å². The van der Waals surface area contributed by atoms with Crippen molar-refractivity contribution in [1.82, 2.24) is 4.72 Å². The fourth-order valence-corrected chi connectivity index (χ4v) is 6.25. The molecule has 0 aliphatic rings. The van der Waals surface area contributed by atoms with Crippen molar-refractivity contribution in [2.24, 2.45) is 0 Å². The van der Waals surface area contributed by atoms with Crippen LogP contribution in [-0.2, 0) is 19.6 Å². The number of carbonyl (C=O) groups excluding carboxylic acids is 1. The topological polar surface area (TPSA) is 72.5 Å². The maximum Gasteiger partial charge on any atom is 0.324 e. The monoisotopic (exact) mass is 447 g/mol. The molecule has 114 valence electrons. The van der Waals surface area contributed by atoms with Crippen molar-refractivity contribution >= 4 is 59.2 Å². The number of ether oxygens (including phenoxy) is 1. The lowest BCUT2D eigenvalue weighted by Gasteiger charge is -2.22. The second-order valence-electron chi connectivity index (χ2n) is 5.06. The zero-order valence-corrected chi connectivity index (χ0v) is 16.2. The van der Waals surface area contributed by atoms with E-state index < -0.39 is 27.6 Å². The molecule has 20 heavy (non-hydrogen) atoms. The maximum absolute atomic E-state index is 12.2. The second kappa shape index (κ2) is 6.43. The average Bonchev–Trinajstić information content (AvgIpc) is 2.55. The molecule has 5 nitrogen and oxygen atoms in total. The fourth-order valence-electron chi connectivity index (χ4n) is 1.24. The number of nitrogens with one attached hydrogen (secondary N) is 1. The lowest BCUT2D eigenvalue weighted by Crippen LogP contribution is -2.42. The Kier molecular flexibility index (Phi) is 5.82. The third kappa shape index (κ3) is 5.10. The minimum Gasteiger partial charge on any atom is -0.459 e. The third-order valence-electron chi connectivity index (χ3n) is 2.01. The summed E-state index contributed by atoms with van der Waals surface area (Å²) in [6.45, 7) is 6.61. The molecule has 0 aliphatic carbocycles. The van der Waals surface area contributed by atoms with Crippen LogP contribution in [0.3, 0.4) is 0 Å². The van der Waals surface area contributed by atoms with E-state index in [0.717, 1.165) is 0 Å². The van der Waals surface area contributed by atoms with Gasteiger partial charge in [-0.3, -0.25) is 4.79 Å². The number of thiophene rings is 1. The first kappa shape index (κ1) is 18.1. The number of carbonyl (C=O) groups is 1. The molecule has 1 aromatic rings. The summed E-state index contributed by atoms with van der Waals surface area (Å²) in [5.41, 5.74) is -0.664. The van der Waals surface area contributed by atoms with E-state index in [4.69, 9.17) is 4.74 Å². The Morgan fingerprint density at radius 3 is 2.35 bits per heavy atom. The molecule has 0 unspecified atom stereocenters. The molecule has 1 N–H and O–H groups in total. The van der Waals surface area contributed by atoms with Crippen molar-refractivity contribution in [3.63, 3.8) is 0 Å². The Labute approximate surface area is 139 Å². The van der Waals surface area contributed by atoms with Crippen LogP contribution in [0.4, 0.5) is 0 Å². The molecule has 0 saturated carbocycles. The van der Waals surface area contributed by atoms with Gasteiger partial charge in [0.1, 0.15) is 16.5 Å². The summed E-state index contributed by atoms with van der Waals surface area (Å²) < 4.78 is 32.9. The maximum atomic E-state index is 12.2. The van der Waals surface area contributed by atoms with Crippen molar-refractivity contribution in [2.45, 2.75) is 44.2 Å². The number of hydrogen-bond acceptors (Lipinski definition) is 5. The Morgan fingerprint density at radius 1 is 1.40 bits per heavy atom. The van der Waals surface area contributed by atoms with E-state index in [2.05, 4.69) is 36.6 Å². The highest BCUT2D eigenvalue weighted by atomic mass is 79.9. The molecule has 0 aromatic carbocycles. The van der Waals surface area contributed by atoms with Crippen LogP contribution in [0.15, 0.2) is 18.5 Å². The summed E-state index contributed by atoms with van der Waals surface area (Å²) in [4.78, 5) is 11.9. The molecule has 0 amide bonds. The standard InChI is InChI=1S/C11H15Br2NO4S2/c1-6(10(15)18-11(2,3)4)14-20(16,17)7-5-8(12)19-9(7)13/h5-6,14H,1-4H3/t6-/m0/s1. The highest BCUT2D eigenvalue weighted by Gasteiger charge is 2.28. The zero-order valence-electron chi connectivity index (χ0n) is 11.4. The number of esters is 1. The van der Waals surface area contributed by atoms with E-state index in [1.165, 1.54) is 24.3 Å². The Hall–Kier alpha value is 0.0400. The van der Waals surface area contributed by atoms with Crippen molar-refractivity contribution in [1.29, 1.82) is 0 Å². The normalized spacial score (nSPS) is 14.1. The van der Waals surface area contributed by atoms with Gasteiger partial charge in [-0.15, -0.1) is 11.3 Å². The molecule has 0 radical (unpaired) electrons. The van der Waals surface area contributed by atoms with E-state index in [1.54, 1.807) is 20.8 Å². The van der Waals surface area contributed by atoms with Gasteiger partial charge < -0.3 is 4.74 Å². The van der Waals surface area contributed by atoms with Crippen LogP contribution in [0.2, 0.25) is 0 Å². The summed E-state index contributed by atoms with van der Waals surface area (Å²) in [5, 5.41) is 0. The van der Waals surface area contributed by atoms with E-state index in [9.17, 15) is 13.2 Å². The highest BCUT2D eigenvalue weighted by Crippen LogP contribution is 2.34. The van der Waals surface area contributed by atoms with Crippen LogP contribution in [0.25, 0.3) is 0 Å². The third-order valence-corrected chi connectivity index (χ3v) is 6.30. The summed E-state index contributed by atoms with van der Waals surface area (Å²) in [7, 11) is -3.79. The predicted molar refractivity (Wildman–Crippen MR) is 85.3 cm³/mol. The molecule has 0 bridgehead atoms. The quantitative estimate of drug-likeness (QED) is 0.717. The van der Waals surface area contributed by atoms with Crippen LogP contribution in [0.5, 0.6) is 0 Å². The lowest BCUT2D eigenvalue weighted by atomic mass is 10.2. The highest BCUT2D eigenvalue weighted by molar-refractivity contribution is 9.12. The Balaban J connectivity index is 2.87. The first-order valence-electron chi connectivity index (χ1n) is 5.62. The van der Waals surface area contributed by atoms with Crippen molar-refractivity contribution < 1.29 is 17.9 Å². The Morgan fingerprint density at radius 2 is 1.95 bits per heavy atom. The minimum absolute atomic E-state index is 0.0878. The molecule has 1 aromatic heterocycles. The van der Waals surface area contributed by atoms with Gasteiger partial charge in [-0.2, -0.15) is 4.72 Å². The van der Waals surface area contributed by atoms with E-state index in [-0.39, 0.29) is 4.90 Å². The van der Waals surface area contributed by atoms with Crippen molar-refractivity contribution in [2.75, 3.05) is 0 Å². The SMILES string of the molecule is C[C@H](NS(=O)(=O)c1cc(Br)sc1Br)C(=O)OC(C)(C)C. The van der Waals surface area contributed by atoms with Crippen LogP contribution in [0.1, 0.15) is 27.7 Å². The largest absolute Gasteiger partial charge is 0.459 e. The van der Waals surface area contributed by atoms with Gasteiger partial charge in [0.25, 0.3) is 0 Å². The van der Waals surface area contributed by atoms with Gasteiger partial charge in [0, 0.05) is 0 Å². The van der Waals surface area contributed by atoms with E-state index in [1.807, 2.05) is 0 Å². The van der Waals surface area contributed by atoms with Gasteiger partial charge in [-0.25, -0.2) is 8.42 Å². The molecular formula is C11H15Br2NO4S2. The van der Waals surface area contributed by atoms with Gasteiger partial charge >= 0.3 is 5.97 Å². The molecule has 1 atom stereocenters. The fraction of sp³-hybridized carbons (Fsp3) is 0.545. The molecule has 0 saturated heterocycles. The summed E-state index contributed by atoms with van der Waals surface area (Å²) in [6.07, 6.45) is 0. The summed E-state index contributed by atoms with van der Waals surface area (Å²) >= 11 is 7.64. The molecule has 0 spiro atoms. The van der Waals surface area contributed by atoms with Crippen LogP contribution in [-0.4, -0.2) is 26.0 Å². The van der Waals surface area contributed by atoms with Crippen molar-refractivity contribution in [3.8, 4) is 0 Å². The van der Waals surface area contributed by atoms with Crippen LogP contribution in [0, 0.1) is 0 Å². The summed E-state index contributed by atoms with van der Waals surface area (Å²) in [5.74, 6) is -0.619. The number of halogens is 2. The van der Waals surface area contributed by atoms with Crippen molar-refractivity contribution in [3.05, 3.63) is 13.6 Å². The molecule has 0 aliphatic heterocycles. The Bertz CT molecular complexity index is 604. The van der Waals surface area contributed by atoms with Gasteiger partial charge in [-0.05, 0) is 65.6 Å². The van der Waals surface area contributed by atoms with Gasteiger partial charge in [-0.1, -0.05) is 0 Å². The zero-order chi connectivity index (χ0) is 15.7. The van der Waals surface area contributed by atoms with Gasteiger partial charge in [0.05, 0.1) is 7.57 Å². The van der Waals surface area contributed by atoms with Gasteiger partial charge in [0.15, 0.2) is 0 Å². The lowest BCUT2D eigenvalue weighted by molar-refractivity contribution is -0.156.